The van der Waals surface area contributed by atoms with Crippen molar-refractivity contribution in [1.82, 2.24) is 14.3 Å². The Balaban J connectivity index is 2.16. The van der Waals surface area contributed by atoms with Crippen molar-refractivity contribution in [3.63, 3.8) is 0 Å². The highest BCUT2D eigenvalue weighted by molar-refractivity contribution is 7.09. The van der Waals surface area contributed by atoms with E-state index in [1.54, 1.807) is 6.20 Å². The summed E-state index contributed by atoms with van der Waals surface area (Å²) in [5.41, 5.74) is 6.22. The number of rotatable bonds is 4. The molecule has 0 saturated heterocycles. The van der Waals surface area contributed by atoms with Crippen molar-refractivity contribution >= 4 is 16.7 Å². The molecule has 17 heavy (non-hydrogen) atoms. The molecule has 2 N–H and O–H groups in total. The molecule has 0 unspecified atom stereocenters. The number of hydrogen-bond acceptors (Lipinski definition) is 6. The molecule has 0 amide bonds. The fourth-order valence-electron chi connectivity index (χ4n) is 1.23. The minimum atomic E-state index is 0.440. The van der Waals surface area contributed by atoms with Gasteiger partial charge in [-0.2, -0.15) is 9.36 Å². The molecule has 0 fully saturated rings. The summed E-state index contributed by atoms with van der Waals surface area (Å²) in [5, 5.41) is 0.440. The first-order chi connectivity index (χ1) is 8.15. The zero-order chi connectivity index (χ0) is 12.3. The minimum Gasteiger partial charge on any atom is -0.493 e. The van der Waals surface area contributed by atoms with Crippen LogP contribution in [0.1, 0.15) is 13.8 Å². The van der Waals surface area contributed by atoms with Crippen molar-refractivity contribution in [1.29, 1.82) is 0 Å². The van der Waals surface area contributed by atoms with Crippen LogP contribution in [0, 0.1) is 5.92 Å². The van der Waals surface area contributed by atoms with Gasteiger partial charge in [0, 0.05) is 23.8 Å². The molecular weight excluding hydrogens is 236 g/mol. The highest BCUT2D eigenvalue weighted by Crippen LogP contribution is 2.21. The van der Waals surface area contributed by atoms with E-state index < -0.39 is 0 Å². The van der Waals surface area contributed by atoms with Gasteiger partial charge in [-0.3, -0.25) is 4.98 Å². The second-order valence-electron chi connectivity index (χ2n) is 4.04. The van der Waals surface area contributed by atoms with Crippen LogP contribution < -0.4 is 10.5 Å². The van der Waals surface area contributed by atoms with Gasteiger partial charge in [0.05, 0.1) is 6.61 Å². The van der Waals surface area contributed by atoms with E-state index in [4.69, 9.17) is 10.5 Å². The number of pyridine rings is 1. The van der Waals surface area contributed by atoms with Gasteiger partial charge in [0.1, 0.15) is 11.4 Å². The SMILES string of the molecule is CC(C)COc1ccnc(-c2nsc(N)n2)c1. The van der Waals surface area contributed by atoms with Crippen molar-refractivity contribution in [3.8, 4) is 17.3 Å². The van der Waals surface area contributed by atoms with Gasteiger partial charge in [-0.25, -0.2) is 0 Å². The average Bonchev–Trinajstić information content (AvgIpc) is 2.74. The summed E-state index contributed by atoms with van der Waals surface area (Å²) in [4.78, 5) is 8.28. The first kappa shape index (κ1) is 11.8. The summed E-state index contributed by atoms with van der Waals surface area (Å²) < 4.78 is 9.72. The maximum Gasteiger partial charge on any atom is 0.200 e. The number of nitrogen functional groups attached to an aromatic ring is 1. The zero-order valence-corrected chi connectivity index (χ0v) is 10.6. The molecule has 2 aromatic rings. The first-order valence-electron chi connectivity index (χ1n) is 5.33. The Morgan fingerprint density at radius 2 is 2.29 bits per heavy atom. The normalized spacial score (nSPS) is 10.8. The molecule has 2 heterocycles. The van der Waals surface area contributed by atoms with Gasteiger partial charge < -0.3 is 10.5 Å². The monoisotopic (exact) mass is 250 g/mol. The molecule has 5 nitrogen and oxygen atoms in total. The van der Waals surface area contributed by atoms with Crippen molar-refractivity contribution in [2.45, 2.75) is 13.8 Å². The van der Waals surface area contributed by atoms with Gasteiger partial charge >= 0.3 is 0 Å². The van der Waals surface area contributed by atoms with E-state index in [1.807, 2.05) is 12.1 Å². The van der Waals surface area contributed by atoms with Gasteiger partial charge in [-0.05, 0) is 12.0 Å². The smallest absolute Gasteiger partial charge is 0.200 e. The summed E-state index contributed by atoms with van der Waals surface area (Å²) in [6, 6.07) is 3.64. The largest absolute Gasteiger partial charge is 0.493 e. The van der Waals surface area contributed by atoms with E-state index in [0.29, 0.717) is 29.2 Å². The Morgan fingerprint density at radius 3 is 2.94 bits per heavy atom. The average molecular weight is 250 g/mol. The maximum atomic E-state index is 5.61. The molecule has 2 aromatic heterocycles. The van der Waals surface area contributed by atoms with E-state index >= 15 is 0 Å². The third-order valence-corrected chi connectivity index (χ3v) is 2.53. The van der Waals surface area contributed by atoms with Crippen molar-refractivity contribution in [2.75, 3.05) is 12.3 Å². The van der Waals surface area contributed by atoms with Gasteiger partial charge in [0.2, 0.25) is 0 Å². The number of anilines is 1. The topological polar surface area (TPSA) is 73.9 Å². The van der Waals surface area contributed by atoms with Gasteiger partial charge in [0.15, 0.2) is 11.0 Å². The number of nitrogens with zero attached hydrogens (tertiary/aromatic N) is 3. The van der Waals surface area contributed by atoms with Crippen LogP contribution in [0.2, 0.25) is 0 Å². The predicted octanol–water partition coefficient (Wildman–Crippen LogP) is 2.22. The molecule has 0 aliphatic heterocycles. The van der Waals surface area contributed by atoms with E-state index in [9.17, 15) is 0 Å². The lowest BCUT2D eigenvalue weighted by Crippen LogP contribution is -2.04. The summed E-state index contributed by atoms with van der Waals surface area (Å²) >= 11 is 1.16. The lowest BCUT2D eigenvalue weighted by molar-refractivity contribution is 0.271. The Hall–Kier alpha value is -1.69. The van der Waals surface area contributed by atoms with Gasteiger partial charge in [-0.1, -0.05) is 13.8 Å². The van der Waals surface area contributed by atoms with Crippen LogP contribution in [0.5, 0.6) is 5.75 Å². The second-order valence-corrected chi connectivity index (χ2v) is 4.82. The molecule has 2 rings (SSSR count). The fraction of sp³-hybridized carbons (Fsp3) is 0.364. The maximum absolute atomic E-state index is 5.61. The number of nitrogens with two attached hydrogens (primary N) is 1. The van der Waals surface area contributed by atoms with Crippen LogP contribution in [0.3, 0.4) is 0 Å². The Labute approximate surface area is 104 Å². The molecule has 6 heteroatoms. The highest BCUT2D eigenvalue weighted by Gasteiger charge is 2.07. The Kier molecular flexibility index (Phi) is 3.53. The fourth-order valence-corrected chi connectivity index (χ4v) is 1.67. The van der Waals surface area contributed by atoms with Crippen LogP contribution >= 0.6 is 11.5 Å². The first-order valence-corrected chi connectivity index (χ1v) is 6.11. The van der Waals surface area contributed by atoms with Crippen LogP contribution in [0.15, 0.2) is 18.3 Å². The van der Waals surface area contributed by atoms with Gasteiger partial charge in [-0.15, -0.1) is 0 Å². The molecule has 0 radical (unpaired) electrons. The Morgan fingerprint density at radius 1 is 1.47 bits per heavy atom. The highest BCUT2D eigenvalue weighted by atomic mass is 32.1. The molecule has 0 atom stereocenters. The molecule has 0 saturated carbocycles. The predicted molar refractivity (Wildman–Crippen MR) is 67.9 cm³/mol. The van der Waals surface area contributed by atoms with Crippen molar-refractivity contribution in [2.24, 2.45) is 5.92 Å². The van der Waals surface area contributed by atoms with E-state index in [0.717, 1.165) is 17.3 Å². The molecule has 0 aliphatic rings. The summed E-state index contributed by atoms with van der Waals surface area (Å²) in [6.07, 6.45) is 1.68. The Bertz CT molecular complexity index is 498. The van der Waals surface area contributed by atoms with E-state index in [-0.39, 0.29) is 0 Å². The third-order valence-electron chi connectivity index (χ3n) is 1.99. The number of hydrogen-bond donors (Lipinski definition) is 1. The third kappa shape index (κ3) is 3.13. The van der Waals surface area contributed by atoms with Crippen LogP contribution in [-0.2, 0) is 0 Å². The van der Waals surface area contributed by atoms with Crippen LogP contribution in [0.4, 0.5) is 5.13 Å². The quantitative estimate of drug-likeness (QED) is 0.900. The molecule has 0 spiro atoms. The minimum absolute atomic E-state index is 0.440. The van der Waals surface area contributed by atoms with Gasteiger partial charge in [0.25, 0.3) is 0 Å². The van der Waals surface area contributed by atoms with Crippen LogP contribution in [-0.4, -0.2) is 20.9 Å². The summed E-state index contributed by atoms with van der Waals surface area (Å²) in [5.74, 6) is 1.80. The van der Waals surface area contributed by atoms with E-state index in [1.165, 1.54) is 0 Å². The second kappa shape index (κ2) is 5.09. The summed E-state index contributed by atoms with van der Waals surface area (Å²) in [6.45, 7) is 4.88. The number of aromatic nitrogens is 3. The molecular formula is C11H14N4OS. The molecule has 90 valence electrons. The van der Waals surface area contributed by atoms with Crippen LogP contribution in [0.25, 0.3) is 11.5 Å². The lowest BCUT2D eigenvalue weighted by atomic mass is 10.2. The number of ether oxygens (including phenoxy) is 1. The van der Waals surface area contributed by atoms with Crippen molar-refractivity contribution < 1.29 is 4.74 Å². The van der Waals surface area contributed by atoms with Crippen molar-refractivity contribution in [3.05, 3.63) is 18.3 Å². The molecule has 0 aliphatic carbocycles. The molecule has 0 bridgehead atoms. The zero-order valence-electron chi connectivity index (χ0n) is 9.75. The van der Waals surface area contributed by atoms with E-state index in [2.05, 4.69) is 28.2 Å². The molecule has 0 aromatic carbocycles. The summed E-state index contributed by atoms with van der Waals surface area (Å²) in [7, 11) is 0. The lowest BCUT2D eigenvalue weighted by Gasteiger charge is -2.08. The standard InChI is InChI=1S/C11H14N4OS/c1-7(2)6-16-8-3-4-13-9(5-8)10-14-11(12)17-15-10/h3-5,7H,6H2,1-2H3,(H2,12,14,15).